The highest BCUT2D eigenvalue weighted by Crippen LogP contribution is 2.29. The number of amides is 2. The highest BCUT2D eigenvalue weighted by atomic mass is 19.3. The first-order valence-corrected chi connectivity index (χ1v) is 5.18. The summed E-state index contributed by atoms with van der Waals surface area (Å²) in [5.41, 5.74) is 7.05. The van der Waals surface area contributed by atoms with E-state index < -0.39 is 17.9 Å². The summed E-state index contributed by atoms with van der Waals surface area (Å²) in [6.07, 6.45) is -4.11. The van der Waals surface area contributed by atoms with Crippen molar-refractivity contribution < 1.29 is 23.1 Å². The fourth-order valence-corrected chi connectivity index (χ4v) is 1.51. The highest BCUT2D eigenvalue weighted by Gasteiger charge is 2.42. The van der Waals surface area contributed by atoms with Gasteiger partial charge in [-0.2, -0.15) is 8.78 Å². The number of hydrogen-bond acceptors (Lipinski definition) is 4. The molecule has 104 valence electrons. The molecule has 0 aliphatic carbocycles. The molecule has 0 saturated carbocycles. The lowest BCUT2D eigenvalue weighted by molar-refractivity contribution is -0.193. The molecule has 8 heteroatoms. The van der Waals surface area contributed by atoms with Crippen molar-refractivity contribution in [2.24, 2.45) is 11.6 Å². The van der Waals surface area contributed by atoms with Crippen LogP contribution in [0.1, 0.15) is 21.5 Å². The molecule has 0 radical (unpaired) electrons. The van der Waals surface area contributed by atoms with E-state index in [1.807, 2.05) is 0 Å². The van der Waals surface area contributed by atoms with Gasteiger partial charge in [0.1, 0.15) is 5.75 Å². The Morgan fingerprint density at radius 1 is 1.26 bits per heavy atom. The third-order valence-electron chi connectivity index (χ3n) is 2.37. The van der Waals surface area contributed by atoms with E-state index in [2.05, 4.69) is 10.6 Å². The Balaban J connectivity index is 3.16. The molecule has 2 amide bonds. The standard InChI is InChI=1S/C11H13F2N3O3/c1-5-3-7(9(14)17)4-6(2)8(5)19-11(12,13)10(18)16-15/h3-4H,15H2,1-2H3,(H2,14,17)(H,16,18). The van der Waals surface area contributed by atoms with E-state index in [-0.39, 0.29) is 22.4 Å². The Morgan fingerprint density at radius 3 is 2.11 bits per heavy atom. The molecule has 0 fully saturated rings. The van der Waals surface area contributed by atoms with E-state index in [0.29, 0.717) is 0 Å². The molecular formula is C11H13F2N3O3. The molecule has 5 N–H and O–H groups in total. The molecule has 0 saturated heterocycles. The normalized spacial score (nSPS) is 11.0. The van der Waals surface area contributed by atoms with Crippen molar-refractivity contribution in [2.75, 3.05) is 0 Å². The van der Waals surface area contributed by atoms with Crippen molar-refractivity contribution in [3.05, 3.63) is 28.8 Å². The molecule has 1 aromatic rings. The first-order chi connectivity index (χ1) is 8.69. The smallest absolute Gasteiger partial charge is 0.425 e. The van der Waals surface area contributed by atoms with Crippen molar-refractivity contribution in [3.8, 4) is 5.75 Å². The molecule has 19 heavy (non-hydrogen) atoms. The maximum absolute atomic E-state index is 13.3. The zero-order valence-electron chi connectivity index (χ0n) is 10.3. The van der Waals surface area contributed by atoms with Gasteiger partial charge in [-0.05, 0) is 37.1 Å². The lowest BCUT2D eigenvalue weighted by Gasteiger charge is -2.19. The molecule has 0 atom stereocenters. The van der Waals surface area contributed by atoms with Gasteiger partial charge >= 0.3 is 12.0 Å². The van der Waals surface area contributed by atoms with Crippen molar-refractivity contribution in [3.63, 3.8) is 0 Å². The Labute approximate surface area is 107 Å². The second-order valence-corrected chi connectivity index (χ2v) is 3.90. The Hall–Kier alpha value is -2.22. The van der Waals surface area contributed by atoms with Gasteiger partial charge in [0.2, 0.25) is 5.91 Å². The van der Waals surface area contributed by atoms with Crippen LogP contribution in [-0.2, 0) is 4.79 Å². The number of benzene rings is 1. The number of aryl methyl sites for hydroxylation is 2. The van der Waals surface area contributed by atoms with Crippen LogP contribution in [0.4, 0.5) is 8.78 Å². The van der Waals surface area contributed by atoms with Crippen LogP contribution in [0, 0.1) is 13.8 Å². The molecule has 1 rings (SSSR count). The largest absolute Gasteiger partial charge is 0.483 e. The van der Waals surface area contributed by atoms with Crippen molar-refractivity contribution in [1.29, 1.82) is 0 Å². The molecule has 6 nitrogen and oxygen atoms in total. The van der Waals surface area contributed by atoms with Crippen LogP contribution in [0.2, 0.25) is 0 Å². The van der Waals surface area contributed by atoms with Crippen LogP contribution < -0.4 is 21.7 Å². The number of carbonyl (C=O) groups excluding carboxylic acids is 2. The van der Waals surface area contributed by atoms with E-state index in [1.54, 1.807) is 0 Å². The van der Waals surface area contributed by atoms with Crippen LogP contribution in [0.25, 0.3) is 0 Å². The van der Waals surface area contributed by atoms with Gasteiger partial charge in [0, 0.05) is 5.56 Å². The van der Waals surface area contributed by atoms with Gasteiger partial charge in [0.15, 0.2) is 0 Å². The average molecular weight is 273 g/mol. The molecule has 0 heterocycles. The summed E-state index contributed by atoms with van der Waals surface area (Å²) in [7, 11) is 0. The van der Waals surface area contributed by atoms with Gasteiger partial charge in [-0.15, -0.1) is 0 Å². The number of nitrogens with one attached hydrogen (secondary N) is 1. The molecule has 0 aliphatic rings. The van der Waals surface area contributed by atoms with E-state index in [0.717, 1.165) is 0 Å². The number of alkyl halides is 2. The van der Waals surface area contributed by atoms with Crippen molar-refractivity contribution in [2.45, 2.75) is 20.0 Å². The highest BCUT2D eigenvalue weighted by molar-refractivity contribution is 5.93. The first-order valence-electron chi connectivity index (χ1n) is 5.18. The number of ether oxygens (including phenoxy) is 1. The fraction of sp³-hybridized carbons (Fsp3) is 0.273. The van der Waals surface area contributed by atoms with Crippen LogP contribution in [-0.4, -0.2) is 17.9 Å². The number of hydrogen-bond donors (Lipinski definition) is 3. The van der Waals surface area contributed by atoms with Crippen LogP contribution in [0.3, 0.4) is 0 Å². The van der Waals surface area contributed by atoms with Gasteiger partial charge in [-0.25, -0.2) is 5.84 Å². The second kappa shape index (κ2) is 5.19. The maximum Gasteiger partial charge on any atom is 0.483 e. The Morgan fingerprint density at radius 2 is 1.74 bits per heavy atom. The van der Waals surface area contributed by atoms with Crippen LogP contribution in [0.5, 0.6) is 5.75 Å². The number of halogens is 2. The summed E-state index contributed by atoms with van der Waals surface area (Å²) in [5, 5.41) is 0. The summed E-state index contributed by atoms with van der Waals surface area (Å²) < 4.78 is 31.0. The van der Waals surface area contributed by atoms with E-state index >= 15 is 0 Å². The van der Waals surface area contributed by atoms with Gasteiger partial charge in [-0.1, -0.05) is 0 Å². The molecule has 0 unspecified atom stereocenters. The lowest BCUT2D eigenvalue weighted by atomic mass is 10.1. The van der Waals surface area contributed by atoms with Gasteiger partial charge in [0.05, 0.1) is 0 Å². The second-order valence-electron chi connectivity index (χ2n) is 3.90. The monoisotopic (exact) mass is 273 g/mol. The Kier molecular flexibility index (Phi) is 4.05. The van der Waals surface area contributed by atoms with Crippen molar-refractivity contribution in [1.82, 2.24) is 5.43 Å². The predicted octanol–water partition coefficient (Wildman–Crippen LogP) is 0.364. The number of hydrazine groups is 1. The van der Waals surface area contributed by atoms with Gasteiger partial charge in [0.25, 0.3) is 0 Å². The zero-order chi connectivity index (χ0) is 14.8. The molecule has 0 spiro atoms. The third kappa shape index (κ3) is 3.16. The summed E-state index contributed by atoms with van der Waals surface area (Å²) in [6.45, 7) is 2.90. The minimum atomic E-state index is -4.11. The summed E-state index contributed by atoms with van der Waals surface area (Å²) in [6, 6.07) is 2.59. The van der Waals surface area contributed by atoms with Gasteiger partial charge < -0.3 is 10.5 Å². The fourth-order valence-electron chi connectivity index (χ4n) is 1.51. The molecule has 1 aromatic carbocycles. The van der Waals surface area contributed by atoms with E-state index in [9.17, 15) is 18.4 Å². The lowest BCUT2D eigenvalue weighted by Crippen LogP contribution is -2.47. The van der Waals surface area contributed by atoms with E-state index in [1.165, 1.54) is 31.4 Å². The van der Waals surface area contributed by atoms with Gasteiger partial charge in [-0.3, -0.25) is 15.0 Å². The number of nitrogens with two attached hydrogens (primary N) is 2. The first kappa shape index (κ1) is 14.8. The Bertz CT molecular complexity index is 509. The summed E-state index contributed by atoms with van der Waals surface area (Å²) in [4.78, 5) is 21.9. The summed E-state index contributed by atoms with van der Waals surface area (Å²) in [5.74, 6) is 1.96. The quantitative estimate of drug-likeness (QED) is 0.418. The van der Waals surface area contributed by atoms with Crippen LogP contribution in [0.15, 0.2) is 12.1 Å². The minimum absolute atomic E-state index is 0.161. The van der Waals surface area contributed by atoms with Crippen molar-refractivity contribution >= 4 is 11.8 Å². The zero-order valence-corrected chi connectivity index (χ0v) is 10.3. The molecular weight excluding hydrogens is 260 g/mol. The number of rotatable bonds is 4. The molecule has 0 bridgehead atoms. The summed E-state index contributed by atoms with van der Waals surface area (Å²) >= 11 is 0. The topological polar surface area (TPSA) is 107 Å². The maximum atomic E-state index is 13.3. The number of carbonyl (C=O) groups is 2. The number of primary amides is 1. The molecule has 0 aliphatic heterocycles. The van der Waals surface area contributed by atoms with E-state index in [4.69, 9.17) is 5.73 Å². The third-order valence-corrected chi connectivity index (χ3v) is 2.37. The minimum Gasteiger partial charge on any atom is -0.425 e. The van der Waals surface area contributed by atoms with Crippen LogP contribution >= 0.6 is 0 Å². The predicted molar refractivity (Wildman–Crippen MR) is 62.3 cm³/mol. The SMILES string of the molecule is Cc1cc(C(N)=O)cc(C)c1OC(F)(F)C(=O)NN. The average Bonchev–Trinajstić information content (AvgIpc) is 2.32. The molecule has 0 aromatic heterocycles.